The van der Waals surface area contributed by atoms with Gasteiger partial charge < -0.3 is 15.4 Å². The van der Waals surface area contributed by atoms with Crippen LogP contribution in [0.1, 0.15) is 30.5 Å². The van der Waals surface area contributed by atoms with E-state index in [0.29, 0.717) is 0 Å². The quantitative estimate of drug-likeness (QED) is 0.824. The largest absolute Gasteiger partial charge is 0.491 e. The Balaban J connectivity index is 1.92. The average molecular weight is 326 g/mol. The van der Waals surface area contributed by atoms with E-state index in [1.54, 1.807) is 0 Å². The first-order valence-electron chi connectivity index (χ1n) is 8.23. The molecule has 24 heavy (non-hydrogen) atoms. The molecule has 0 spiro atoms. The number of benzene rings is 2. The number of carbonyl (C=O) groups excluding carboxylic acids is 1. The topological polar surface area (TPSA) is 50.4 Å². The zero-order valence-corrected chi connectivity index (χ0v) is 15.1. The molecule has 0 aliphatic rings. The summed E-state index contributed by atoms with van der Waals surface area (Å²) in [5.74, 6) is 0.762. The molecule has 0 saturated carbocycles. The molecule has 0 aliphatic heterocycles. The van der Waals surface area contributed by atoms with E-state index in [0.717, 1.165) is 28.3 Å². The fraction of sp³-hybridized carbons (Fsp3) is 0.350. The Hall–Kier alpha value is -2.49. The second kappa shape index (κ2) is 7.86. The van der Waals surface area contributed by atoms with Gasteiger partial charge in [-0.15, -0.1) is 0 Å². The van der Waals surface area contributed by atoms with Gasteiger partial charge in [-0.1, -0.05) is 17.7 Å². The molecule has 0 heterocycles. The Morgan fingerprint density at radius 3 is 2.17 bits per heavy atom. The lowest BCUT2D eigenvalue weighted by atomic mass is 10.1. The van der Waals surface area contributed by atoms with Crippen molar-refractivity contribution in [1.29, 1.82) is 0 Å². The lowest BCUT2D eigenvalue weighted by molar-refractivity contribution is -0.114. The van der Waals surface area contributed by atoms with Crippen LogP contribution in [0.4, 0.5) is 11.4 Å². The van der Waals surface area contributed by atoms with Gasteiger partial charge in [0.25, 0.3) is 0 Å². The first-order chi connectivity index (χ1) is 11.3. The molecule has 0 unspecified atom stereocenters. The number of carbonyl (C=O) groups is 1. The summed E-state index contributed by atoms with van der Waals surface area (Å²) in [4.78, 5) is 12.2. The van der Waals surface area contributed by atoms with Crippen LogP contribution in [-0.4, -0.2) is 18.6 Å². The number of hydrogen-bond donors (Lipinski definition) is 2. The molecular weight excluding hydrogens is 300 g/mol. The Morgan fingerprint density at radius 2 is 1.62 bits per heavy atom. The van der Waals surface area contributed by atoms with Gasteiger partial charge >= 0.3 is 0 Å². The fourth-order valence-electron chi connectivity index (χ4n) is 2.67. The molecule has 0 aliphatic carbocycles. The Labute approximate surface area is 144 Å². The maximum atomic E-state index is 12.2. The molecule has 2 rings (SSSR count). The van der Waals surface area contributed by atoms with Crippen LogP contribution in [0, 0.1) is 20.8 Å². The minimum Gasteiger partial charge on any atom is -0.491 e. The maximum Gasteiger partial charge on any atom is 0.243 e. The van der Waals surface area contributed by atoms with Gasteiger partial charge in [0.05, 0.1) is 12.6 Å². The van der Waals surface area contributed by atoms with Gasteiger partial charge in [-0.25, -0.2) is 0 Å². The smallest absolute Gasteiger partial charge is 0.243 e. The summed E-state index contributed by atoms with van der Waals surface area (Å²) in [6.45, 7) is 10.3. The highest BCUT2D eigenvalue weighted by Gasteiger charge is 2.08. The zero-order chi connectivity index (χ0) is 17.7. The van der Waals surface area contributed by atoms with E-state index in [9.17, 15) is 4.79 Å². The number of ether oxygens (including phenoxy) is 1. The van der Waals surface area contributed by atoms with Gasteiger partial charge in [0.1, 0.15) is 5.75 Å². The molecule has 0 bridgehead atoms. The second-order valence-electron chi connectivity index (χ2n) is 6.37. The first-order valence-corrected chi connectivity index (χ1v) is 8.23. The number of anilines is 2. The molecule has 0 saturated heterocycles. The Morgan fingerprint density at radius 1 is 1.04 bits per heavy atom. The van der Waals surface area contributed by atoms with Crippen molar-refractivity contribution in [2.75, 3.05) is 17.2 Å². The summed E-state index contributed by atoms with van der Waals surface area (Å²) in [6, 6.07) is 11.8. The van der Waals surface area contributed by atoms with Gasteiger partial charge in [0.15, 0.2) is 0 Å². The molecule has 4 heteroatoms. The van der Waals surface area contributed by atoms with Gasteiger partial charge in [-0.05, 0) is 70.0 Å². The Bertz CT molecular complexity index is 683. The van der Waals surface area contributed by atoms with Crippen molar-refractivity contribution in [3.63, 3.8) is 0 Å². The number of rotatable bonds is 6. The van der Waals surface area contributed by atoms with Crippen LogP contribution < -0.4 is 15.4 Å². The van der Waals surface area contributed by atoms with Crippen LogP contribution in [0.3, 0.4) is 0 Å². The molecule has 4 nitrogen and oxygen atoms in total. The molecule has 1 amide bonds. The highest BCUT2D eigenvalue weighted by atomic mass is 16.5. The minimum atomic E-state index is -0.0624. The van der Waals surface area contributed by atoms with Gasteiger partial charge in [0, 0.05) is 11.4 Å². The zero-order valence-electron chi connectivity index (χ0n) is 15.1. The summed E-state index contributed by atoms with van der Waals surface area (Å²) < 4.78 is 5.60. The van der Waals surface area contributed by atoms with Crippen LogP contribution >= 0.6 is 0 Å². The van der Waals surface area contributed by atoms with Gasteiger partial charge in [-0.2, -0.15) is 0 Å². The van der Waals surface area contributed by atoms with Gasteiger partial charge in [0.2, 0.25) is 5.91 Å². The minimum absolute atomic E-state index is 0.0624. The maximum absolute atomic E-state index is 12.2. The monoisotopic (exact) mass is 326 g/mol. The molecule has 0 radical (unpaired) electrons. The van der Waals surface area contributed by atoms with E-state index < -0.39 is 0 Å². The Kier molecular flexibility index (Phi) is 5.85. The van der Waals surface area contributed by atoms with E-state index in [1.165, 1.54) is 5.56 Å². The summed E-state index contributed by atoms with van der Waals surface area (Å²) in [7, 11) is 0. The lowest BCUT2D eigenvalue weighted by Gasteiger charge is -2.14. The first kappa shape index (κ1) is 17.9. The number of amides is 1. The van der Waals surface area contributed by atoms with Gasteiger partial charge in [-0.3, -0.25) is 4.79 Å². The molecule has 2 N–H and O–H groups in total. The predicted octanol–water partition coefficient (Wildman–Crippen LogP) is 4.45. The molecule has 0 aromatic heterocycles. The van der Waals surface area contributed by atoms with Crippen LogP contribution in [0.2, 0.25) is 0 Å². The molecule has 0 atom stereocenters. The third-order valence-electron chi connectivity index (χ3n) is 3.62. The molecular formula is C20H26N2O2. The molecule has 2 aromatic carbocycles. The SMILES string of the molecule is Cc1cc(C)c(NC(=O)CNc2ccc(OC(C)C)cc2)c(C)c1. The van der Waals surface area contributed by atoms with Crippen molar-refractivity contribution in [2.24, 2.45) is 0 Å². The average Bonchev–Trinajstić information content (AvgIpc) is 2.49. The highest BCUT2D eigenvalue weighted by molar-refractivity contribution is 5.95. The van der Waals surface area contributed by atoms with Crippen molar-refractivity contribution in [1.82, 2.24) is 0 Å². The summed E-state index contributed by atoms with van der Waals surface area (Å²) in [5.41, 5.74) is 5.14. The normalized spacial score (nSPS) is 10.6. The van der Waals surface area contributed by atoms with Crippen molar-refractivity contribution >= 4 is 17.3 Å². The molecule has 128 valence electrons. The van der Waals surface area contributed by atoms with E-state index in [2.05, 4.69) is 29.7 Å². The fourth-order valence-corrected chi connectivity index (χ4v) is 2.67. The standard InChI is InChI=1S/C20H26N2O2/c1-13(2)24-18-8-6-17(7-9-18)21-12-19(23)22-20-15(4)10-14(3)11-16(20)5/h6-11,13,21H,12H2,1-5H3,(H,22,23). The highest BCUT2D eigenvalue weighted by Crippen LogP contribution is 2.22. The van der Waals surface area contributed by atoms with Crippen LogP contribution in [-0.2, 0) is 4.79 Å². The third-order valence-corrected chi connectivity index (χ3v) is 3.62. The van der Waals surface area contributed by atoms with Crippen molar-refractivity contribution in [3.8, 4) is 5.75 Å². The van der Waals surface area contributed by atoms with Crippen LogP contribution in [0.5, 0.6) is 5.75 Å². The second-order valence-corrected chi connectivity index (χ2v) is 6.37. The number of hydrogen-bond acceptors (Lipinski definition) is 3. The number of aryl methyl sites for hydroxylation is 3. The summed E-state index contributed by atoms with van der Waals surface area (Å²) in [5, 5.41) is 6.12. The van der Waals surface area contributed by atoms with E-state index in [1.807, 2.05) is 52.0 Å². The van der Waals surface area contributed by atoms with Crippen molar-refractivity contribution in [2.45, 2.75) is 40.7 Å². The van der Waals surface area contributed by atoms with E-state index >= 15 is 0 Å². The van der Waals surface area contributed by atoms with Crippen LogP contribution in [0.15, 0.2) is 36.4 Å². The van der Waals surface area contributed by atoms with Crippen molar-refractivity contribution < 1.29 is 9.53 Å². The van der Waals surface area contributed by atoms with E-state index in [-0.39, 0.29) is 18.6 Å². The van der Waals surface area contributed by atoms with Crippen LogP contribution in [0.25, 0.3) is 0 Å². The number of nitrogens with one attached hydrogen (secondary N) is 2. The van der Waals surface area contributed by atoms with E-state index in [4.69, 9.17) is 4.74 Å². The molecule has 2 aromatic rings. The third kappa shape index (κ3) is 5.01. The predicted molar refractivity (Wildman–Crippen MR) is 100.0 cm³/mol. The van der Waals surface area contributed by atoms with Crippen molar-refractivity contribution in [3.05, 3.63) is 53.1 Å². The lowest BCUT2D eigenvalue weighted by Crippen LogP contribution is -2.22. The summed E-state index contributed by atoms with van der Waals surface area (Å²) in [6.07, 6.45) is 0.149. The summed E-state index contributed by atoms with van der Waals surface area (Å²) >= 11 is 0. The molecule has 0 fully saturated rings.